The number of rotatable bonds is 4. The minimum absolute atomic E-state index is 0.750. The Kier molecular flexibility index (Phi) is 14.6. The van der Waals surface area contributed by atoms with Crippen LogP contribution in [0.5, 0.6) is 0 Å². The standard InChI is InChI=1S/C5H14O2Si.CHNO/c1-4-5-8(6-2)7-3;2-1-3/h8H,4-5H2,1-3H3;2H. The third kappa shape index (κ3) is 12.7. The Bertz CT molecular complexity index is 100. The summed E-state index contributed by atoms with van der Waals surface area (Å²) in [5, 5.41) is 5.40. The quantitative estimate of drug-likeness (QED) is 0.393. The van der Waals surface area contributed by atoms with Gasteiger partial charge in [-0.15, -0.1) is 0 Å². The van der Waals surface area contributed by atoms with Gasteiger partial charge in [-0.1, -0.05) is 13.3 Å². The van der Waals surface area contributed by atoms with Gasteiger partial charge in [-0.05, 0) is 6.04 Å². The zero-order valence-corrected chi connectivity index (χ0v) is 8.37. The number of hydrogen-bond acceptors (Lipinski definition) is 4. The lowest BCUT2D eigenvalue weighted by Crippen LogP contribution is -2.17. The molecule has 0 aliphatic carbocycles. The molecule has 0 aliphatic heterocycles. The summed E-state index contributed by atoms with van der Waals surface area (Å²) < 4.78 is 10.1. The van der Waals surface area contributed by atoms with Gasteiger partial charge >= 0.3 is 9.28 Å². The minimum Gasteiger partial charge on any atom is -0.400 e. The largest absolute Gasteiger partial charge is 0.400 e. The molecule has 0 amide bonds. The highest BCUT2D eigenvalue weighted by Gasteiger charge is 2.05. The molecule has 0 rings (SSSR count). The van der Waals surface area contributed by atoms with Gasteiger partial charge in [0.1, 0.15) is 0 Å². The Balaban J connectivity index is 0. The molecule has 0 saturated heterocycles. The molecule has 4 nitrogen and oxygen atoms in total. The molecule has 66 valence electrons. The van der Waals surface area contributed by atoms with E-state index >= 15 is 0 Å². The summed E-state index contributed by atoms with van der Waals surface area (Å²) in [7, 11) is 2.24. The molecule has 0 fully saturated rings. The summed E-state index contributed by atoms with van der Waals surface area (Å²) in [6.45, 7) is 2.14. The van der Waals surface area contributed by atoms with Crippen LogP contribution in [0.3, 0.4) is 0 Å². The van der Waals surface area contributed by atoms with Crippen LogP contribution in [0.15, 0.2) is 0 Å². The molecule has 0 aromatic carbocycles. The molecule has 0 saturated carbocycles. The molecular formula is C6H15NO3Si. The van der Waals surface area contributed by atoms with Gasteiger partial charge in [-0.25, -0.2) is 10.2 Å². The molecule has 0 unspecified atom stereocenters. The third-order valence-corrected chi connectivity index (χ3v) is 3.15. The number of hydrogen-bond donors (Lipinski definition) is 1. The van der Waals surface area contributed by atoms with E-state index in [1.54, 1.807) is 14.2 Å². The van der Waals surface area contributed by atoms with E-state index in [1.807, 2.05) is 0 Å². The van der Waals surface area contributed by atoms with Gasteiger partial charge in [0.05, 0.1) is 0 Å². The van der Waals surface area contributed by atoms with Crippen molar-refractivity contribution < 1.29 is 13.6 Å². The molecular weight excluding hydrogens is 162 g/mol. The minimum atomic E-state index is -1.19. The first-order chi connectivity index (χ1) is 5.26. The van der Waals surface area contributed by atoms with Gasteiger partial charge < -0.3 is 8.85 Å². The van der Waals surface area contributed by atoms with Gasteiger partial charge in [-0.2, -0.15) is 0 Å². The summed E-state index contributed by atoms with van der Waals surface area (Å²) in [4.78, 5) is 8.35. The second-order valence-electron chi connectivity index (χ2n) is 1.79. The van der Waals surface area contributed by atoms with Crippen molar-refractivity contribution in [3.8, 4) is 0 Å². The second kappa shape index (κ2) is 12.2. The van der Waals surface area contributed by atoms with Crippen LogP contribution in [0.4, 0.5) is 0 Å². The molecule has 11 heavy (non-hydrogen) atoms. The summed E-state index contributed by atoms with van der Waals surface area (Å²) in [6.07, 6.45) is 1.92. The van der Waals surface area contributed by atoms with Crippen LogP contribution < -0.4 is 0 Å². The molecule has 0 radical (unpaired) electrons. The van der Waals surface area contributed by atoms with E-state index in [9.17, 15) is 0 Å². The highest BCUT2D eigenvalue weighted by atomic mass is 28.3. The second-order valence-corrected chi connectivity index (χ2v) is 4.17. The third-order valence-electron chi connectivity index (χ3n) is 1.05. The van der Waals surface area contributed by atoms with Crippen molar-refractivity contribution in [3.63, 3.8) is 0 Å². The summed E-state index contributed by atoms with van der Waals surface area (Å²) >= 11 is 0. The van der Waals surface area contributed by atoms with Crippen LogP contribution in [0.2, 0.25) is 6.04 Å². The first-order valence-corrected chi connectivity index (χ1v) is 5.12. The highest BCUT2D eigenvalue weighted by Crippen LogP contribution is 1.96. The first-order valence-electron chi connectivity index (χ1n) is 3.36. The topological polar surface area (TPSA) is 59.4 Å². The highest BCUT2D eigenvalue weighted by molar-refractivity contribution is 6.44. The molecule has 0 aliphatic rings. The normalized spacial score (nSPS) is 8.36. The van der Waals surface area contributed by atoms with Gasteiger partial charge in [-0.3, -0.25) is 0 Å². The van der Waals surface area contributed by atoms with E-state index in [0.29, 0.717) is 0 Å². The number of nitrogens with one attached hydrogen (secondary N) is 1. The first kappa shape index (κ1) is 13.1. The van der Waals surface area contributed by atoms with E-state index in [-0.39, 0.29) is 0 Å². The average molecular weight is 177 g/mol. The fraction of sp³-hybridized carbons (Fsp3) is 0.833. The SMILES string of the molecule is CCC[SiH](OC)OC.N=C=O. The van der Waals surface area contributed by atoms with Crippen LogP contribution in [0.25, 0.3) is 0 Å². The summed E-state index contributed by atoms with van der Waals surface area (Å²) in [5.74, 6) is 0. The molecule has 0 heterocycles. The lowest BCUT2D eigenvalue weighted by atomic mass is 10.6. The van der Waals surface area contributed by atoms with E-state index in [2.05, 4.69) is 6.92 Å². The predicted octanol–water partition coefficient (Wildman–Crippen LogP) is 0.811. The lowest BCUT2D eigenvalue weighted by Gasteiger charge is -2.07. The predicted molar refractivity (Wildman–Crippen MR) is 44.7 cm³/mol. The van der Waals surface area contributed by atoms with Crippen molar-refractivity contribution in [1.82, 2.24) is 0 Å². The van der Waals surface area contributed by atoms with Crippen molar-refractivity contribution in [2.45, 2.75) is 19.4 Å². The maximum Gasteiger partial charge on any atom is 0.320 e. The molecule has 0 aromatic rings. The zero-order valence-electron chi connectivity index (χ0n) is 7.22. The molecule has 1 N–H and O–H groups in total. The number of carbonyl (C=O) groups excluding carboxylic acids is 1. The maximum absolute atomic E-state index is 8.35. The van der Waals surface area contributed by atoms with Crippen molar-refractivity contribution in [3.05, 3.63) is 0 Å². The van der Waals surface area contributed by atoms with E-state index in [0.717, 1.165) is 12.1 Å². The summed E-state index contributed by atoms with van der Waals surface area (Å²) in [5.41, 5.74) is 0. The fourth-order valence-electron chi connectivity index (χ4n) is 0.568. The smallest absolute Gasteiger partial charge is 0.320 e. The van der Waals surface area contributed by atoms with Gasteiger partial charge in [0, 0.05) is 14.2 Å². The van der Waals surface area contributed by atoms with Crippen molar-refractivity contribution in [2.75, 3.05) is 14.2 Å². The lowest BCUT2D eigenvalue weighted by molar-refractivity contribution is 0.277. The van der Waals surface area contributed by atoms with Crippen LogP contribution >= 0.6 is 0 Å². The Labute approximate surface area is 68.9 Å². The fourth-order valence-corrected chi connectivity index (χ4v) is 1.70. The Morgan fingerprint density at radius 1 is 1.45 bits per heavy atom. The van der Waals surface area contributed by atoms with E-state index in [1.165, 1.54) is 6.42 Å². The van der Waals surface area contributed by atoms with Crippen LogP contribution in [0, 0.1) is 5.41 Å². The van der Waals surface area contributed by atoms with Gasteiger partial charge in [0.25, 0.3) is 0 Å². The molecule has 0 aromatic heterocycles. The van der Waals surface area contributed by atoms with Crippen LogP contribution in [-0.2, 0) is 13.6 Å². The van der Waals surface area contributed by atoms with Crippen LogP contribution in [0.1, 0.15) is 13.3 Å². The van der Waals surface area contributed by atoms with Crippen molar-refractivity contribution in [1.29, 1.82) is 5.41 Å². The van der Waals surface area contributed by atoms with E-state index in [4.69, 9.17) is 19.1 Å². The molecule has 0 bridgehead atoms. The van der Waals surface area contributed by atoms with Crippen molar-refractivity contribution >= 4 is 15.4 Å². The zero-order chi connectivity index (χ0) is 9.11. The molecule has 0 atom stereocenters. The molecule has 5 heteroatoms. The Morgan fingerprint density at radius 2 is 1.82 bits per heavy atom. The number of isocyanates is 1. The average Bonchev–Trinajstić information content (AvgIpc) is 2.02. The van der Waals surface area contributed by atoms with Gasteiger partial charge in [0.15, 0.2) is 0 Å². The summed E-state index contributed by atoms with van der Waals surface area (Å²) in [6, 6.07) is 1.12. The molecule has 0 spiro atoms. The van der Waals surface area contributed by atoms with Crippen molar-refractivity contribution in [2.24, 2.45) is 0 Å². The Morgan fingerprint density at radius 3 is 1.91 bits per heavy atom. The monoisotopic (exact) mass is 177 g/mol. The Hall–Kier alpha value is -0.483. The maximum atomic E-state index is 8.35. The van der Waals surface area contributed by atoms with Crippen LogP contribution in [-0.4, -0.2) is 29.6 Å². The van der Waals surface area contributed by atoms with Gasteiger partial charge in [0.2, 0.25) is 6.08 Å². The van der Waals surface area contributed by atoms with E-state index < -0.39 is 9.28 Å².